The topological polar surface area (TPSA) is 60.8 Å². The van der Waals surface area contributed by atoms with E-state index in [0.717, 1.165) is 17.0 Å². The van der Waals surface area contributed by atoms with Crippen LogP contribution < -0.4 is 10.6 Å². The molecular weight excluding hydrogens is 176 g/mol. The quantitative estimate of drug-likeness (QED) is 0.628. The maximum atomic E-state index is 7.21. The van der Waals surface area contributed by atoms with Crippen LogP contribution in [-0.2, 0) is 0 Å². The van der Waals surface area contributed by atoms with Crippen molar-refractivity contribution in [3.63, 3.8) is 0 Å². The smallest absolute Gasteiger partial charge is 0.0733 e. The van der Waals surface area contributed by atoms with Crippen LogP contribution in [-0.4, -0.2) is 25.3 Å². The molecule has 74 valence electrons. The largest absolute Gasteiger partial charge is 0.393 e. The van der Waals surface area contributed by atoms with Crippen molar-refractivity contribution < 1.29 is 0 Å². The minimum absolute atomic E-state index is 0.759. The number of anilines is 1. The first kappa shape index (κ1) is 10.2. The molecular formula is C10H14N4. The Morgan fingerprint density at radius 2 is 2.21 bits per heavy atom. The summed E-state index contributed by atoms with van der Waals surface area (Å²) in [7, 11) is 3.64. The van der Waals surface area contributed by atoms with E-state index >= 15 is 0 Å². The first-order valence-electron chi connectivity index (χ1n) is 4.34. The molecule has 0 aliphatic carbocycles. The van der Waals surface area contributed by atoms with E-state index in [-0.39, 0.29) is 0 Å². The van der Waals surface area contributed by atoms with E-state index in [9.17, 15) is 0 Å². The summed E-state index contributed by atoms with van der Waals surface area (Å²) in [5.41, 5.74) is 2.51. The second-order valence-corrected chi connectivity index (χ2v) is 2.71. The van der Waals surface area contributed by atoms with Crippen LogP contribution in [0.3, 0.4) is 0 Å². The number of hydrogen-bond acceptors (Lipinski definition) is 4. The summed E-state index contributed by atoms with van der Waals surface area (Å²) in [6.45, 7) is 0. The van der Waals surface area contributed by atoms with E-state index < -0.39 is 0 Å². The first-order valence-corrected chi connectivity index (χ1v) is 4.34. The molecule has 0 bridgehead atoms. The number of rotatable bonds is 4. The molecule has 0 radical (unpaired) electrons. The van der Waals surface area contributed by atoms with Crippen LogP contribution in [0.25, 0.3) is 5.57 Å². The Balaban J connectivity index is 2.95. The zero-order chi connectivity index (χ0) is 10.4. The Kier molecular flexibility index (Phi) is 3.67. The van der Waals surface area contributed by atoms with Gasteiger partial charge in [-0.3, -0.25) is 4.98 Å². The molecule has 1 aromatic heterocycles. The van der Waals surface area contributed by atoms with Crippen LogP contribution >= 0.6 is 0 Å². The fourth-order valence-electron chi connectivity index (χ4n) is 1.06. The summed E-state index contributed by atoms with van der Waals surface area (Å²) in [5, 5.41) is 13.1. The van der Waals surface area contributed by atoms with Crippen LogP contribution in [0.5, 0.6) is 0 Å². The normalized spacial score (nSPS) is 10.9. The lowest BCUT2D eigenvalue weighted by atomic mass is 10.2. The number of nitrogens with one attached hydrogen (secondary N) is 3. The van der Waals surface area contributed by atoms with Crippen molar-refractivity contribution in [2.45, 2.75) is 0 Å². The lowest BCUT2D eigenvalue weighted by Gasteiger charge is -2.02. The summed E-state index contributed by atoms with van der Waals surface area (Å²) < 4.78 is 0. The predicted molar refractivity (Wildman–Crippen MR) is 59.6 cm³/mol. The van der Waals surface area contributed by atoms with Gasteiger partial charge in [-0.05, 0) is 12.1 Å². The van der Waals surface area contributed by atoms with Gasteiger partial charge in [-0.15, -0.1) is 0 Å². The third-order valence-electron chi connectivity index (χ3n) is 1.80. The monoisotopic (exact) mass is 190 g/mol. The maximum Gasteiger partial charge on any atom is 0.0733 e. The minimum Gasteiger partial charge on any atom is -0.393 e. The van der Waals surface area contributed by atoms with E-state index in [1.54, 1.807) is 19.4 Å². The molecule has 1 aromatic rings. The molecule has 14 heavy (non-hydrogen) atoms. The lowest BCUT2D eigenvalue weighted by molar-refractivity contribution is 1.10. The van der Waals surface area contributed by atoms with E-state index in [1.807, 2.05) is 19.2 Å². The van der Waals surface area contributed by atoms with Crippen molar-refractivity contribution in [1.82, 2.24) is 10.3 Å². The highest BCUT2D eigenvalue weighted by Gasteiger charge is 1.98. The molecule has 1 heterocycles. The highest BCUT2D eigenvalue weighted by molar-refractivity contribution is 6.07. The second kappa shape index (κ2) is 5.01. The average Bonchev–Trinajstić information content (AvgIpc) is 2.26. The van der Waals surface area contributed by atoms with E-state index in [4.69, 9.17) is 5.41 Å². The fourth-order valence-corrected chi connectivity index (χ4v) is 1.06. The van der Waals surface area contributed by atoms with Crippen LogP contribution in [0, 0.1) is 5.41 Å². The van der Waals surface area contributed by atoms with Gasteiger partial charge in [0.15, 0.2) is 0 Å². The van der Waals surface area contributed by atoms with E-state index in [0.29, 0.717) is 0 Å². The summed E-state index contributed by atoms with van der Waals surface area (Å²) in [5.74, 6) is 0. The van der Waals surface area contributed by atoms with Crippen molar-refractivity contribution in [2.24, 2.45) is 0 Å². The molecule has 0 aliphatic heterocycles. The molecule has 0 spiro atoms. The zero-order valence-corrected chi connectivity index (χ0v) is 8.33. The van der Waals surface area contributed by atoms with Crippen LogP contribution in [0.15, 0.2) is 24.5 Å². The van der Waals surface area contributed by atoms with Gasteiger partial charge < -0.3 is 16.0 Å². The third-order valence-corrected chi connectivity index (χ3v) is 1.80. The first-order chi connectivity index (χ1) is 6.81. The molecule has 1 rings (SSSR count). The number of nitrogens with zero attached hydrogens (tertiary/aromatic N) is 1. The SMILES string of the molecule is CN/C=C(\C=N)c1ccc(NC)cn1. The average molecular weight is 190 g/mol. The second-order valence-electron chi connectivity index (χ2n) is 2.71. The molecule has 3 N–H and O–H groups in total. The van der Waals surface area contributed by atoms with Gasteiger partial charge in [-0.1, -0.05) is 0 Å². The molecule has 0 fully saturated rings. The number of allylic oxidation sites excluding steroid dienone is 1. The van der Waals surface area contributed by atoms with Gasteiger partial charge in [-0.2, -0.15) is 0 Å². The lowest BCUT2D eigenvalue weighted by Crippen LogP contribution is -1.99. The maximum absolute atomic E-state index is 7.21. The Labute approximate surface area is 83.6 Å². The van der Waals surface area contributed by atoms with Gasteiger partial charge in [-0.25, -0.2) is 0 Å². The zero-order valence-electron chi connectivity index (χ0n) is 8.33. The Bertz CT molecular complexity index is 326. The third kappa shape index (κ3) is 2.32. The van der Waals surface area contributed by atoms with Crippen molar-refractivity contribution in [3.05, 3.63) is 30.2 Å². The van der Waals surface area contributed by atoms with E-state index in [2.05, 4.69) is 15.6 Å². The van der Waals surface area contributed by atoms with Crippen LogP contribution in [0.4, 0.5) is 5.69 Å². The molecule has 4 heteroatoms. The summed E-state index contributed by atoms with van der Waals surface area (Å²) in [6, 6.07) is 3.80. The number of hydrogen-bond donors (Lipinski definition) is 3. The van der Waals surface area contributed by atoms with Crippen LogP contribution in [0.1, 0.15) is 5.69 Å². The highest BCUT2D eigenvalue weighted by Crippen LogP contribution is 2.11. The van der Waals surface area contributed by atoms with Gasteiger partial charge >= 0.3 is 0 Å². The molecule has 0 unspecified atom stereocenters. The van der Waals surface area contributed by atoms with Crippen LogP contribution in [0.2, 0.25) is 0 Å². The van der Waals surface area contributed by atoms with Crippen molar-refractivity contribution in [3.8, 4) is 0 Å². The van der Waals surface area contributed by atoms with Crippen molar-refractivity contribution in [2.75, 3.05) is 19.4 Å². The highest BCUT2D eigenvalue weighted by atomic mass is 14.8. The minimum atomic E-state index is 0.759. The van der Waals surface area contributed by atoms with E-state index in [1.165, 1.54) is 6.21 Å². The number of pyridine rings is 1. The summed E-state index contributed by atoms with van der Waals surface area (Å²) >= 11 is 0. The van der Waals surface area contributed by atoms with Gasteiger partial charge in [0, 0.05) is 32.1 Å². The molecule has 0 aromatic carbocycles. The molecule has 4 nitrogen and oxygen atoms in total. The van der Waals surface area contributed by atoms with Crippen molar-refractivity contribution >= 4 is 17.5 Å². The predicted octanol–water partition coefficient (Wildman–Crippen LogP) is 1.33. The van der Waals surface area contributed by atoms with Gasteiger partial charge in [0.2, 0.25) is 0 Å². The standard InChI is InChI=1S/C10H14N4/c1-12-6-8(5-11)10-4-3-9(13-2)7-14-10/h3-7,11-13H,1-2H3/b8-6+,11-5?. The molecule has 0 amide bonds. The summed E-state index contributed by atoms with van der Waals surface area (Å²) in [4.78, 5) is 4.22. The van der Waals surface area contributed by atoms with Gasteiger partial charge in [0.25, 0.3) is 0 Å². The molecule has 0 atom stereocenters. The molecule has 0 aliphatic rings. The molecule has 0 saturated carbocycles. The Morgan fingerprint density at radius 1 is 1.43 bits per heavy atom. The fraction of sp³-hybridized carbons (Fsp3) is 0.200. The summed E-state index contributed by atoms with van der Waals surface area (Å²) in [6.07, 6.45) is 4.76. The number of aromatic nitrogens is 1. The Morgan fingerprint density at radius 3 is 2.64 bits per heavy atom. The van der Waals surface area contributed by atoms with Gasteiger partial charge in [0.05, 0.1) is 17.6 Å². The Hall–Kier alpha value is -1.84. The van der Waals surface area contributed by atoms with Gasteiger partial charge in [0.1, 0.15) is 0 Å². The molecule has 0 saturated heterocycles. The van der Waals surface area contributed by atoms with Crippen molar-refractivity contribution in [1.29, 1.82) is 5.41 Å².